The van der Waals surface area contributed by atoms with Crippen molar-refractivity contribution in [1.29, 1.82) is 0 Å². The van der Waals surface area contributed by atoms with Crippen molar-refractivity contribution in [1.82, 2.24) is 10.0 Å². The molecular formula is C19H28N2O5S. The van der Waals surface area contributed by atoms with Gasteiger partial charge >= 0.3 is 5.97 Å². The Bertz CT molecular complexity index is 761. The summed E-state index contributed by atoms with van der Waals surface area (Å²) in [4.78, 5) is 24.2. The average Bonchev–Trinajstić information content (AvgIpc) is 2.63. The number of amides is 1. The van der Waals surface area contributed by atoms with Gasteiger partial charge in [0.15, 0.2) is 6.61 Å². The predicted octanol–water partition coefficient (Wildman–Crippen LogP) is 2.08. The van der Waals surface area contributed by atoms with Crippen molar-refractivity contribution >= 4 is 21.9 Å². The van der Waals surface area contributed by atoms with Crippen LogP contribution in [0, 0.1) is 11.8 Å². The summed E-state index contributed by atoms with van der Waals surface area (Å²) < 4.78 is 31.2. The van der Waals surface area contributed by atoms with Gasteiger partial charge in [-0.3, -0.25) is 4.79 Å². The fourth-order valence-electron chi connectivity index (χ4n) is 3.29. The molecular weight excluding hydrogens is 368 g/mol. The van der Waals surface area contributed by atoms with Gasteiger partial charge in [-0.25, -0.2) is 17.9 Å². The van der Waals surface area contributed by atoms with Crippen LogP contribution in [-0.2, 0) is 19.6 Å². The second-order valence-corrected chi connectivity index (χ2v) is 8.81. The molecule has 1 aromatic carbocycles. The summed E-state index contributed by atoms with van der Waals surface area (Å²) in [5, 5.41) is 2.95. The summed E-state index contributed by atoms with van der Waals surface area (Å²) in [6, 6.07) is 5.51. The number of benzene rings is 1. The molecule has 0 spiro atoms. The second kappa shape index (κ2) is 9.32. The van der Waals surface area contributed by atoms with Crippen molar-refractivity contribution in [3.8, 4) is 0 Å². The molecule has 2 N–H and O–H groups in total. The Morgan fingerprint density at radius 2 is 1.81 bits per heavy atom. The lowest BCUT2D eigenvalue weighted by molar-refractivity contribution is -0.125. The first kappa shape index (κ1) is 21.4. The molecule has 0 aliphatic heterocycles. The van der Waals surface area contributed by atoms with Crippen LogP contribution in [0.5, 0.6) is 0 Å². The van der Waals surface area contributed by atoms with E-state index in [1.165, 1.54) is 30.7 Å². The van der Waals surface area contributed by atoms with Crippen LogP contribution in [-0.4, -0.2) is 39.5 Å². The quantitative estimate of drug-likeness (QED) is 0.687. The minimum atomic E-state index is -3.57. The molecule has 1 saturated carbocycles. The molecule has 1 aromatic rings. The summed E-state index contributed by atoms with van der Waals surface area (Å²) in [7, 11) is -3.57. The van der Waals surface area contributed by atoms with Crippen LogP contribution in [0.2, 0.25) is 0 Å². The van der Waals surface area contributed by atoms with Crippen LogP contribution in [0.15, 0.2) is 29.2 Å². The lowest BCUT2D eigenvalue weighted by Crippen LogP contribution is -2.45. The molecule has 1 fully saturated rings. The predicted molar refractivity (Wildman–Crippen MR) is 102 cm³/mol. The number of hydrogen-bond acceptors (Lipinski definition) is 5. The van der Waals surface area contributed by atoms with Gasteiger partial charge in [0.25, 0.3) is 5.91 Å². The summed E-state index contributed by atoms with van der Waals surface area (Å²) in [5.41, 5.74) is 0.193. The molecule has 1 aliphatic carbocycles. The number of esters is 1. The first-order valence-corrected chi connectivity index (χ1v) is 10.8. The molecule has 0 heterocycles. The van der Waals surface area contributed by atoms with Gasteiger partial charge in [-0.2, -0.15) is 0 Å². The molecule has 0 unspecified atom stereocenters. The van der Waals surface area contributed by atoms with Gasteiger partial charge < -0.3 is 10.1 Å². The van der Waals surface area contributed by atoms with E-state index in [0.717, 1.165) is 12.8 Å². The van der Waals surface area contributed by atoms with Crippen molar-refractivity contribution in [2.45, 2.75) is 51.0 Å². The molecule has 27 heavy (non-hydrogen) atoms. The zero-order valence-electron chi connectivity index (χ0n) is 16.0. The number of ether oxygens (including phenoxy) is 1. The Kier molecular flexibility index (Phi) is 7.38. The summed E-state index contributed by atoms with van der Waals surface area (Å²) in [6.45, 7) is 5.92. The molecule has 150 valence electrons. The molecule has 1 aliphatic rings. The molecule has 0 aromatic heterocycles. The molecule has 0 saturated heterocycles. The number of carbonyl (C=O) groups excluding carboxylic acids is 2. The van der Waals surface area contributed by atoms with Crippen LogP contribution in [0.4, 0.5) is 0 Å². The van der Waals surface area contributed by atoms with Crippen LogP contribution >= 0.6 is 0 Å². The first-order chi connectivity index (χ1) is 12.7. The van der Waals surface area contributed by atoms with Crippen LogP contribution in [0.3, 0.4) is 0 Å². The van der Waals surface area contributed by atoms with Crippen LogP contribution in [0.25, 0.3) is 0 Å². The number of sulfonamides is 1. The van der Waals surface area contributed by atoms with E-state index in [-0.39, 0.29) is 35.6 Å². The third-order valence-electron chi connectivity index (χ3n) is 5.12. The van der Waals surface area contributed by atoms with Crippen LogP contribution in [0.1, 0.15) is 50.4 Å². The van der Waals surface area contributed by atoms with Gasteiger partial charge in [-0.1, -0.05) is 33.6 Å². The van der Waals surface area contributed by atoms with Crippen molar-refractivity contribution in [2.75, 3.05) is 13.2 Å². The monoisotopic (exact) mass is 396 g/mol. The second-order valence-electron chi connectivity index (χ2n) is 7.04. The Labute approximate surface area is 160 Å². The van der Waals surface area contributed by atoms with E-state index in [0.29, 0.717) is 11.8 Å². The van der Waals surface area contributed by atoms with Crippen molar-refractivity contribution in [2.24, 2.45) is 11.8 Å². The Balaban J connectivity index is 1.87. The molecule has 0 bridgehead atoms. The van der Waals surface area contributed by atoms with E-state index in [9.17, 15) is 18.0 Å². The maximum atomic E-state index is 12.1. The number of hydrogen-bond donors (Lipinski definition) is 2. The molecule has 0 radical (unpaired) electrons. The topological polar surface area (TPSA) is 102 Å². The van der Waals surface area contributed by atoms with E-state index in [2.05, 4.69) is 23.9 Å². The van der Waals surface area contributed by atoms with Crippen molar-refractivity contribution in [3.05, 3.63) is 29.8 Å². The zero-order valence-corrected chi connectivity index (χ0v) is 16.8. The summed E-state index contributed by atoms with van der Waals surface area (Å²) in [5.74, 6) is -0.0310. The maximum absolute atomic E-state index is 12.1. The Morgan fingerprint density at radius 1 is 1.15 bits per heavy atom. The van der Waals surface area contributed by atoms with Gasteiger partial charge in [0.1, 0.15) is 0 Å². The van der Waals surface area contributed by atoms with E-state index in [4.69, 9.17) is 4.74 Å². The fourth-order valence-corrected chi connectivity index (χ4v) is 4.33. The average molecular weight is 397 g/mol. The Hall–Kier alpha value is -1.93. The van der Waals surface area contributed by atoms with Gasteiger partial charge in [0, 0.05) is 12.6 Å². The molecule has 2 rings (SSSR count). The summed E-state index contributed by atoms with van der Waals surface area (Å²) >= 11 is 0. The molecule has 1 amide bonds. The largest absolute Gasteiger partial charge is 0.452 e. The van der Waals surface area contributed by atoms with Gasteiger partial charge in [0.2, 0.25) is 10.0 Å². The maximum Gasteiger partial charge on any atom is 0.338 e. The molecule has 3 atom stereocenters. The minimum Gasteiger partial charge on any atom is -0.452 e. The number of nitrogens with one attached hydrogen (secondary N) is 2. The molecule has 8 heteroatoms. The van der Waals surface area contributed by atoms with Crippen molar-refractivity contribution in [3.63, 3.8) is 0 Å². The number of carbonyl (C=O) groups is 2. The van der Waals surface area contributed by atoms with E-state index in [1.54, 1.807) is 6.92 Å². The lowest BCUT2D eigenvalue weighted by Gasteiger charge is -2.34. The highest BCUT2D eigenvalue weighted by atomic mass is 32.2. The lowest BCUT2D eigenvalue weighted by atomic mass is 9.78. The minimum absolute atomic E-state index is 0.0686. The van der Waals surface area contributed by atoms with Gasteiger partial charge in [-0.15, -0.1) is 0 Å². The molecule has 7 nitrogen and oxygen atoms in total. The highest BCUT2D eigenvalue weighted by Crippen LogP contribution is 2.29. The van der Waals surface area contributed by atoms with E-state index in [1.807, 2.05) is 0 Å². The third-order valence-corrected chi connectivity index (χ3v) is 6.68. The standard InChI is InChI=1S/C19H28N2O5S/c1-4-20-27(24,25)16-10-8-15(9-11-16)19(23)26-12-18(22)21-17-7-5-6-13(2)14(17)3/h8-11,13-14,17,20H,4-7,12H2,1-3H3,(H,21,22)/t13-,14-,17-/m0/s1. The Morgan fingerprint density at radius 3 is 2.44 bits per heavy atom. The normalized spacial score (nSPS) is 22.9. The smallest absolute Gasteiger partial charge is 0.338 e. The zero-order chi connectivity index (χ0) is 20.0. The van der Waals surface area contributed by atoms with Crippen molar-refractivity contribution < 1.29 is 22.7 Å². The first-order valence-electron chi connectivity index (χ1n) is 9.30. The fraction of sp³-hybridized carbons (Fsp3) is 0.579. The van der Waals surface area contributed by atoms with Gasteiger partial charge in [0.05, 0.1) is 10.5 Å². The van der Waals surface area contributed by atoms with E-state index >= 15 is 0 Å². The summed E-state index contributed by atoms with van der Waals surface area (Å²) in [6.07, 6.45) is 3.19. The van der Waals surface area contributed by atoms with E-state index < -0.39 is 16.0 Å². The highest BCUT2D eigenvalue weighted by molar-refractivity contribution is 7.89. The highest BCUT2D eigenvalue weighted by Gasteiger charge is 2.28. The SMILES string of the molecule is CCNS(=O)(=O)c1ccc(C(=O)OCC(=O)N[C@H]2CCC[C@H](C)[C@@H]2C)cc1. The number of rotatable bonds is 7. The van der Waals surface area contributed by atoms with Crippen LogP contribution < -0.4 is 10.0 Å². The third kappa shape index (κ3) is 5.77. The van der Waals surface area contributed by atoms with Gasteiger partial charge in [-0.05, 0) is 42.5 Å².